The van der Waals surface area contributed by atoms with Gasteiger partial charge in [-0.3, -0.25) is 9.59 Å². The van der Waals surface area contributed by atoms with Gasteiger partial charge in [-0.15, -0.1) is 0 Å². The molecule has 216 valence electrons. The Labute approximate surface area is 233 Å². The highest BCUT2D eigenvalue weighted by molar-refractivity contribution is 6.01. The lowest BCUT2D eigenvalue weighted by atomic mass is 9.34. The van der Waals surface area contributed by atoms with Gasteiger partial charge in [0.15, 0.2) is 11.9 Å². The molecule has 1 aromatic heterocycles. The fourth-order valence-corrected chi connectivity index (χ4v) is 10.4. The highest BCUT2D eigenvalue weighted by Gasteiger charge is 2.93. The van der Waals surface area contributed by atoms with Crippen LogP contribution in [0.1, 0.15) is 72.5 Å². The van der Waals surface area contributed by atoms with E-state index in [4.69, 9.17) is 23.4 Å². The molecular weight excluding hydrogens is 516 g/mol. The van der Waals surface area contributed by atoms with Crippen LogP contribution in [0.3, 0.4) is 0 Å². The number of aliphatic hydroxyl groups excluding tert-OH is 1. The average Bonchev–Trinajstić information content (AvgIpc) is 3.17. The van der Waals surface area contributed by atoms with E-state index in [9.17, 15) is 19.5 Å². The van der Waals surface area contributed by atoms with Crippen LogP contribution in [0.15, 0.2) is 35.2 Å². The first-order valence-corrected chi connectivity index (χ1v) is 14.4. The van der Waals surface area contributed by atoms with Gasteiger partial charge in [0, 0.05) is 28.2 Å². The summed E-state index contributed by atoms with van der Waals surface area (Å²) >= 11 is 0. The largest absolute Gasteiger partial charge is 0.472 e. The average molecular weight is 555 g/mol. The quantitative estimate of drug-likeness (QED) is 0.438. The topological polar surface area (TPSA) is 125 Å². The maximum atomic E-state index is 13.9. The number of carbonyl (C=O) groups excluding carboxylic acids is 3. The summed E-state index contributed by atoms with van der Waals surface area (Å²) < 4.78 is 30.6. The zero-order valence-electron chi connectivity index (χ0n) is 23.9. The molecule has 0 amide bonds. The van der Waals surface area contributed by atoms with Crippen molar-refractivity contribution in [3.63, 3.8) is 0 Å². The molecule has 0 unspecified atom stereocenters. The Morgan fingerprint density at radius 3 is 2.60 bits per heavy atom. The van der Waals surface area contributed by atoms with Crippen LogP contribution in [0, 0.1) is 33.5 Å². The summed E-state index contributed by atoms with van der Waals surface area (Å²) in [5, 5.41) is 12.5. The third kappa shape index (κ3) is 2.56. The highest BCUT2D eigenvalue weighted by atomic mass is 16.7. The van der Waals surface area contributed by atoms with E-state index in [-0.39, 0.29) is 30.6 Å². The number of ketones is 1. The van der Waals surface area contributed by atoms with Crippen LogP contribution in [0.2, 0.25) is 0 Å². The third-order valence-electron chi connectivity index (χ3n) is 11.9. The van der Waals surface area contributed by atoms with Crippen molar-refractivity contribution in [2.75, 3.05) is 6.61 Å². The fraction of sp³-hybridized carbons (Fsp3) is 0.710. The molecule has 6 aliphatic rings. The number of epoxide rings is 1. The number of carbonyl (C=O) groups is 3. The fourth-order valence-electron chi connectivity index (χ4n) is 10.4. The van der Waals surface area contributed by atoms with Gasteiger partial charge in [-0.05, 0) is 50.7 Å². The molecule has 0 bridgehead atoms. The molecule has 3 saturated heterocycles. The van der Waals surface area contributed by atoms with Gasteiger partial charge in [-0.1, -0.05) is 33.8 Å². The Kier molecular flexibility index (Phi) is 5.06. The zero-order chi connectivity index (χ0) is 28.7. The molecule has 1 spiro atoms. The molecule has 5 fully saturated rings. The van der Waals surface area contributed by atoms with Gasteiger partial charge in [-0.25, -0.2) is 4.79 Å². The Balaban J connectivity index is 1.46. The third-order valence-corrected chi connectivity index (χ3v) is 11.9. The second kappa shape index (κ2) is 7.66. The van der Waals surface area contributed by atoms with E-state index < -0.39 is 69.2 Å². The summed E-state index contributed by atoms with van der Waals surface area (Å²) in [6.45, 7) is 11.8. The molecule has 9 heteroatoms. The van der Waals surface area contributed by atoms with Crippen molar-refractivity contribution in [2.45, 2.75) is 96.4 Å². The van der Waals surface area contributed by atoms with Crippen LogP contribution in [0.4, 0.5) is 0 Å². The Morgan fingerprint density at radius 1 is 1.18 bits per heavy atom. The Bertz CT molecular complexity index is 1330. The van der Waals surface area contributed by atoms with E-state index in [2.05, 4.69) is 6.92 Å². The number of ether oxygens (including phenoxy) is 4. The van der Waals surface area contributed by atoms with Gasteiger partial charge in [0.05, 0.1) is 24.7 Å². The van der Waals surface area contributed by atoms with E-state index >= 15 is 0 Å². The van der Waals surface area contributed by atoms with Crippen LogP contribution in [-0.2, 0) is 33.3 Å². The number of rotatable bonds is 4. The number of furan rings is 1. The molecule has 3 aliphatic carbocycles. The first-order chi connectivity index (χ1) is 18.7. The van der Waals surface area contributed by atoms with Crippen molar-refractivity contribution in [1.82, 2.24) is 0 Å². The van der Waals surface area contributed by atoms with E-state index in [1.54, 1.807) is 24.7 Å². The minimum atomic E-state index is -1.39. The zero-order valence-corrected chi connectivity index (χ0v) is 23.9. The minimum absolute atomic E-state index is 0.0324. The first-order valence-electron chi connectivity index (χ1n) is 14.4. The summed E-state index contributed by atoms with van der Waals surface area (Å²) in [5.74, 6) is -1.41. The van der Waals surface area contributed by atoms with Crippen LogP contribution >= 0.6 is 0 Å². The molecule has 9 nitrogen and oxygen atoms in total. The van der Waals surface area contributed by atoms with Crippen LogP contribution in [0.25, 0.3) is 0 Å². The highest BCUT2D eigenvalue weighted by Crippen LogP contribution is 2.82. The summed E-state index contributed by atoms with van der Waals surface area (Å²) in [4.78, 5) is 40.8. The van der Waals surface area contributed by atoms with Gasteiger partial charge >= 0.3 is 11.9 Å². The van der Waals surface area contributed by atoms with E-state index in [1.165, 1.54) is 0 Å². The molecule has 3 aliphatic heterocycles. The monoisotopic (exact) mass is 554 g/mol. The van der Waals surface area contributed by atoms with E-state index in [0.29, 0.717) is 12.8 Å². The van der Waals surface area contributed by atoms with Crippen molar-refractivity contribution in [1.29, 1.82) is 0 Å². The van der Waals surface area contributed by atoms with Gasteiger partial charge in [0.2, 0.25) is 0 Å². The molecule has 4 heterocycles. The van der Waals surface area contributed by atoms with Crippen molar-refractivity contribution < 1.29 is 42.9 Å². The lowest BCUT2D eigenvalue weighted by Crippen LogP contribution is -2.79. The Morgan fingerprint density at radius 2 is 1.93 bits per heavy atom. The standard InChI is InChI=1S/C31H38O9/c1-16(2)13-20(33)38-23-21(34)30-19(32)8-11-29(30,15-37-26(30,3)4)18-7-10-27(5)22(17-9-12-36-14-17)39-25(35)24-31(27,40-24)28(18,23)6/h8-9,11-12,14,16,18,21-24,34H,7,10,13,15H2,1-6H3/t18-,21-,22-,23-,24+,27-,28-,29-,30-,31+/m0/s1. The molecule has 1 aromatic rings. The van der Waals surface area contributed by atoms with Crippen LogP contribution in [-0.4, -0.2) is 58.9 Å². The number of hydrogen-bond donors (Lipinski definition) is 1. The van der Waals surface area contributed by atoms with Gasteiger partial charge in [0.1, 0.15) is 29.3 Å². The molecule has 40 heavy (non-hydrogen) atoms. The number of cyclic esters (lactones) is 1. The van der Waals surface area contributed by atoms with E-state index in [0.717, 1.165) is 5.56 Å². The smallest absolute Gasteiger partial charge is 0.339 e. The molecule has 7 rings (SSSR count). The van der Waals surface area contributed by atoms with Crippen molar-refractivity contribution in [3.05, 3.63) is 36.3 Å². The van der Waals surface area contributed by atoms with Gasteiger partial charge in [0.25, 0.3) is 0 Å². The minimum Gasteiger partial charge on any atom is -0.472 e. The van der Waals surface area contributed by atoms with Gasteiger partial charge in [-0.2, -0.15) is 0 Å². The molecule has 2 saturated carbocycles. The summed E-state index contributed by atoms with van der Waals surface area (Å²) in [6, 6.07) is 1.79. The van der Waals surface area contributed by atoms with Gasteiger partial charge < -0.3 is 28.5 Å². The van der Waals surface area contributed by atoms with Crippen molar-refractivity contribution in [2.24, 2.45) is 33.5 Å². The lowest BCUT2D eigenvalue weighted by molar-refractivity contribution is -0.288. The maximum absolute atomic E-state index is 13.9. The predicted octanol–water partition coefficient (Wildman–Crippen LogP) is 3.69. The van der Waals surface area contributed by atoms with Crippen LogP contribution in [0.5, 0.6) is 0 Å². The summed E-state index contributed by atoms with van der Waals surface area (Å²) in [5.41, 5.74) is -5.39. The molecule has 1 N–H and O–H groups in total. The number of aliphatic hydroxyl groups is 1. The van der Waals surface area contributed by atoms with E-state index in [1.807, 2.05) is 40.7 Å². The molecular formula is C31H38O9. The van der Waals surface area contributed by atoms with Crippen LogP contribution < -0.4 is 0 Å². The summed E-state index contributed by atoms with van der Waals surface area (Å²) in [7, 11) is 0. The van der Waals surface area contributed by atoms with Crippen molar-refractivity contribution >= 4 is 17.7 Å². The number of fused-ring (bicyclic) bond motifs is 1. The second-order valence-electron chi connectivity index (χ2n) is 14.2. The molecule has 10 atom stereocenters. The second-order valence-corrected chi connectivity index (χ2v) is 14.2. The predicted molar refractivity (Wildman–Crippen MR) is 138 cm³/mol. The SMILES string of the molecule is CC(C)CC(=O)O[C@H]1[C@H](O)[C@]23C(=O)C=C[C@]2(COC3(C)C)[C@H]2CC[C@@]3(C)[C@H](c4ccoc4)OC(=O)[C@H]4O[C@]43[C@]12C. The molecule has 0 aromatic carbocycles. The summed E-state index contributed by atoms with van der Waals surface area (Å²) in [6.07, 6.45) is 3.98. The Hall–Kier alpha value is -2.49. The van der Waals surface area contributed by atoms with Crippen molar-refractivity contribution in [3.8, 4) is 0 Å². The normalized spacial score (nSPS) is 49.5. The number of hydrogen-bond acceptors (Lipinski definition) is 9. The molecule has 0 radical (unpaired) electrons. The number of allylic oxidation sites excluding steroid dienone is 1. The first kappa shape index (κ1) is 26.4. The number of esters is 2. The lowest BCUT2D eigenvalue weighted by Gasteiger charge is -2.69. The maximum Gasteiger partial charge on any atom is 0.339 e.